The zero-order valence-corrected chi connectivity index (χ0v) is 9.21. The van der Waals surface area contributed by atoms with E-state index in [4.69, 9.17) is 0 Å². The Kier molecular flexibility index (Phi) is 2.29. The number of hydrogen-bond acceptors (Lipinski definition) is 2. The lowest BCUT2D eigenvalue weighted by Crippen LogP contribution is -2.47. The maximum atomic E-state index is 3.68. The van der Waals surface area contributed by atoms with Crippen molar-refractivity contribution in [3.05, 3.63) is 0 Å². The first-order valence-electron chi connectivity index (χ1n) is 6.28. The number of fused-ring (bicyclic) bond motifs is 1. The number of nitrogens with one attached hydrogen (secondary N) is 1. The third kappa shape index (κ3) is 1.70. The quantitative estimate of drug-likeness (QED) is 0.713. The third-order valence-electron chi connectivity index (χ3n) is 4.44. The van der Waals surface area contributed by atoms with Gasteiger partial charge in [0.25, 0.3) is 0 Å². The van der Waals surface area contributed by atoms with Crippen LogP contribution in [0.2, 0.25) is 0 Å². The van der Waals surface area contributed by atoms with E-state index in [0.29, 0.717) is 0 Å². The van der Waals surface area contributed by atoms with Crippen molar-refractivity contribution in [1.29, 1.82) is 0 Å². The predicted octanol–water partition coefficient (Wildman–Crippen LogP) is 1.33. The molecule has 3 aliphatic rings. The van der Waals surface area contributed by atoms with Gasteiger partial charge in [0, 0.05) is 25.7 Å². The highest BCUT2D eigenvalue weighted by molar-refractivity contribution is 4.98. The molecule has 2 saturated heterocycles. The zero-order valence-electron chi connectivity index (χ0n) is 9.21. The minimum atomic E-state index is 0.779. The van der Waals surface area contributed by atoms with Crippen molar-refractivity contribution in [3.8, 4) is 0 Å². The lowest BCUT2D eigenvalue weighted by atomic mass is 9.92. The maximum Gasteiger partial charge on any atom is 0.0220 e. The van der Waals surface area contributed by atoms with E-state index < -0.39 is 0 Å². The maximum absolute atomic E-state index is 3.68. The summed E-state index contributed by atoms with van der Waals surface area (Å²) in [6.07, 6.45) is 4.34. The van der Waals surface area contributed by atoms with Crippen LogP contribution in [0.15, 0.2) is 0 Å². The highest BCUT2D eigenvalue weighted by Crippen LogP contribution is 2.44. The normalized spacial score (nSPS) is 47.8. The number of rotatable bonds is 2. The Morgan fingerprint density at radius 3 is 2.79 bits per heavy atom. The van der Waals surface area contributed by atoms with Crippen molar-refractivity contribution in [2.24, 2.45) is 17.8 Å². The van der Waals surface area contributed by atoms with Crippen molar-refractivity contribution in [2.75, 3.05) is 26.2 Å². The van der Waals surface area contributed by atoms with Crippen LogP contribution in [0.5, 0.6) is 0 Å². The lowest BCUT2D eigenvalue weighted by molar-refractivity contribution is 0.204. The highest BCUT2D eigenvalue weighted by atomic mass is 15.2. The largest absolute Gasteiger partial charge is 0.312 e. The van der Waals surface area contributed by atoms with E-state index in [0.717, 1.165) is 23.8 Å². The van der Waals surface area contributed by atoms with Crippen LogP contribution in [0.25, 0.3) is 0 Å². The molecule has 4 atom stereocenters. The fourth-order valence-electron chi connectivity index (χ4n) is 3.28. The number of likely N-dealkylation sites (tertiary alicyclic amines) is 1. The molecule has 0 bridgehead atoms. The van der Waals surface area contributed by atoms with Gasteiger partial charge in [0.1, 0.15) is 0 Å². The molecule has 0 aromatic rings. The summed E-state index contributed by atoms with van der Waals surface area (Å²) in [4.78, 5) is 2.69. The van der Waals surface area contributed by atoms with Gasteiger partial charge in [0.05, 0.1) is 0 Å². The molecule has 3 rings (SSSR count). The van der Waals surface area contributed by atoms with E-state index in [1.807, 2.05) is 0 Å². The standard InChI is InChI=1S/C12H22N2/c1-9-3-2-4-13-12(9)8-14-6-10-5-11(10)7-14/h9-13H,2-8H2,1H3. The minimum Gasteiger partial charge on any atom is -0.312 e. The zero-order chi connectivity index (χ0) is 9.54. The third-order valence-corrected chi connectivity index (χ3v) is 4.44. The molecule has 2 heterocycles. The van der Waals surface area contributed by atoms with E-state index in [1.54, 1.807) is 0 Å². The van der Waals surface area contributed by atoms with Crippen LogP contribution in [-0.2, 0) is 0 Å². The Bertz CT molecular complexity index is 206. The SMILES string of the molecule is CC1CCCNC1CN1CC2CC2C1. The summed E-state index contributed by atoms with van der Waals surface area (Å²) in [5.74, 6) is 3.07. The van der Waals surface area contributed by atoms with Gasteiger partial charge >= 0.3 is 0 Å². The first-order valence-corrected chi connectivity index (χ1v) is 6.28. The van der Waals surface area contributed by atoms with Crippen molar-refractivity contribution < 1.29 is 0 Å². The van der Waals surface area contributed by atoms with Gasteiger partial charge in [-0.15, -0.1) is 0 Å². The van der Waals surface area contributed by atoms with Crippen LogP contribution in [0.3, 0.4) is 0 Å². The van der Waals surface area contributed by atoms with Crippen LogP contribution >= 0.6 is 0 Å². The first kappa shape index (κ1) is 9.17. The fourth-order valence-corrected chi connectivity index (χ4v) is 3.28. The summed E-state index contributed by atoms with van der Waals surface area (Å²) in [5.41, 5.74) is 0. The first-order chi connectivity index (χ1) is 6.83. The van der Waals surface area contributed by atoms with Crippen LogP contribution in [-0.4, -0.2) is 37.1 Å². The van der Waals surface area contributed by atoms with Gasteiger partial charge in [-0.3, -0.25) is 0 Å². The average molecular weight is 194 g/mol. The average Bonchev–Trinajstić information content (AvgIpc) is 2.79. The van der Waals surface area contributed by atoms with Gasteiger partial charge in [-0.1, -0.05) is 6.92 Å². The summed E-state index contributed by atoms with van der Waals surface area (Å²) in [6.45, 7) is 7.77. The second-order valence-corrected chi connectivity index (χ2v) is 5.65. The van der Waals surface area contributed by atoms with Crippen molar-refractivity contribution in [3.63, 3.8) is 0 Å². The van der Waals surface area contributed by atoms with Crippen LogP contribution in [0.4, 0.5) is 0 Å². The van der Waals surface area contributed by atoms with Gasteiger partial charge in [0.2, 0.25) is 0 Å². The second-order valence-electron chi connectivity index (χ2n) is 5.65. The minimum absolute atomic E-state index is 0.779. The Balaban J connectivity index is 1.50. The number of nitrogens with zero attached hydrogens (tertiary/aromatic N) is 1. The summed E-state index contributed by atoms with van der Waals surface area (Å²) in [7, 11) is 0. The molecule has 3 fully saturated rings. The molecule has 2 nitrogen and oxygen atoms in total. The molecular weight excluding hydrogens is 172 g/mol. The van der Waals surface area contributed by atoms with Crippen molar-refractivity contribution in [1.82, 2.24) is 10.2 Å². The monoisotopic (exact) mass is 194 g/mol. The molecule has 1 saturated carbocycles. The summed E-state index contributed by atoms with van der Waals surface area (Å²) >= 11 is 0. The Morgan fingerprint density at radius 2 is 2.07 bits per heavy atom. The van der Waals surface area contributed by atoms with Crippen molar-refractivity contribution >= 4 is 0 Å². The molecule has 1 aliphatic carbocycles. The van der Waals surface area contributed by atoms with E-state index in [-0.39, 0.29) is 0 Å². The molecule has 0 amide bonds. The van der Waals surface area contributed by atoms with E-state index >= 15 is 0 Å². The van der Waals surface area contributed by atoms with E-state index in [1.165, 1.54) is 45.4 Å². The summed E-state index contributed by atoms with van der Waals surface area (Å²) < 4.78 is 0. The Morgan fingerprint density at radius 1 is 1.29 bits per heavy atom. The molecule has 2 heteroatoms. The molecule has 1 N–H and O–H groups in total. The molecule has 80 valence electrons. The second kappa shape index (κ2) is 3.49. The molecule has 4 unspecified atom stereocenters. The molecule has 0 radical (unpaired) electrons. The molecule has 0 aromatic carbocycles. The number of hydrogen-bond donors (Lipinski definition) is 1. The Labute approximate surface area is 87.0 Å². The van der Waals surface area contributed by atoms with Gasteiger partial charge < -0.3 is 10.2 Å². The molecule has 14 heavy (non-hydrogen) atoms. The van der Waals surface area contributed by atoms with Crippen molar-refractivity contribution in [2.45, 2.75) is 32.2 Å². The van der Waals surface area contributed by atoms with Gasteiger partial charge in [-0.05, 0) is 43.6 Å². The van der Waals surface area contributed by atoms with Gasteiger partial charge in [0.15, 0.2) is 0 Å². The molecular formula is C12H22N2. The fraction of sp³-hybridized carbons (Fsp3) is 1.00. The summed E-state index contributed by atoms with van der Waals surface area (Å²) in [5, 5.41) is 3.68. The molecule has 0 aromatic heterocycles. The number of piperidine rings is 2. The van der Waals surface area contributed by atoms with E-state index in [9.17, 15) is 0 Å². The molecule has 2 aliphatic heterocycles. The smallest absolute Gasteiger partial charge is 0.0220 e. The van der Waals surface area contributed by atoms with Crippen LogP contribution in [0.1, 0.15) is 26.2 Å². The lowest BCUT2D eigenvalue weighted by Gasteiger charge is -2.33. The Hall–Kier alpha value is -0.0800. The summed E-state index contributed by atoms with van der Waals surface area (Å²) in [6, 6.07) is 0.779. The topological polar surface area (TPSA) is 15.3 Å². The van der Waals surface area contributed by atoms with Crippen LogP contribution in [0, 0.1) is 17.8 Å². The predicted molar refractivity (Wildman–Crippen MR) is 58.2 cm³/mol. The van der Waals surface area contributed by atoms with Gasteiger partial charge in [-0.25, -0.2) is 0 Å². The van der Waals surface area contributed by atoms with Gasteiger partial charge in [-0.2, -0.15) is 0 Å². The highest BCUT2D eigenvalue weighted by Gasteiger charge is 2.45. The van der Waals surface area contributed by atoms with Crippen LogP contribution < -0.4 is 5.32 Å². The van der Waals surface area contributed by atoms with E-state index in [2.05, 4.69) is 17.1 Å². The molecule has 0 spiro atoms.